The van der Waals surface area contributed by atoms with Crippen LogP contribution in [0.2, 0.25) is 0 Å². The van der Waals surface area contributed by atoms with Gasteiger partial charge in [0.05, 0.1) is 13.0 Å². The van der Waals surface area contributed by atoms with Crippen LogP contribution in [0.15, 0.2) is 65.1 Å². The number of ketones is 1. The van der Waals surface area contributed by atoms with Crippen LogP contribution >= 0.6 is 0 Å². The van der Waals surface area contributed by atoms with Gasteiger partial charge in [0.15, 0.2) is 5.78 Å². The highest BCUT2D eigenvalue weighted by atomic mass is 16.5. The van der Waals surface area contributed by atoms with Gasteiger partial charge in [-0.2, -0.15) is 0 Å². The lowest BCUT2D eigenvalue weighted by Gasteiger charge is -2.39. The summed E-state index contributed by atoms with van der Waals surface area (Å²) in [5.41, 5.74) is 4.46. The first-order valence-electron chi connectivity index (χ1n) is 10.8. The predicted molar refractivity (Wildman–Crippen MR) is 124 cm³/mol. The standard InChI is InChI=1S/C26H29N3O3/c1-15-10-11-21(27-14-15)29-25(31)22-16(2)28-18-12-26(3,4)13-19(30)24(18)23(22)17-8-6-7-9-20(17)32-5/h6-11,14,23,28H,12-13H2,1-5H3,(H,27,29,31)/t23-/m0/s1. The van der Waals surface area contributed by atoms with Crippen LogP contribution in [0.5, 0.6) is 5.75 Å². The lowest BCUT2D eigenvalue weighted by Crippen LogP contribution is -2.39. The van der Waals surface area contributed by atoms with Gasteiger partial charge < -0.3 is 15.4 Å². The number of nitrogens with zero attached hydrogens (tertiary/aromatic N) is 1. The number of carbonyl (C=O) groups excluding carboxylic acids is 2. The number of pyridine rings is 1. The summed E-state index contributed by atoms with van der Waals surface area (Å²) < 4.78 is 5.63. The molecule has 1 aliphatic heterocycles. The third-order valence-electron chi connectivity index (χ3n) is 6.09. The van der Waals surface area contributed by atoms with Crippen molar-refractivity contribution in [2.24, 2.45) is 5.41 Å². The van der Waals surface area contributed by atoms with Gasteiger partial charge in [-0.3, -0.25) is 9.59 Å². The molecule has 0 spiro atoms. The predicted octanol–water partition coefficient (Wildman–Crippen LogP) is 4.64. The minimum Gasteiger partial charge on any atom is -0.496 e. The summed E-state index contributed by atoms with van der Waals surface area (Å²) in [6, 6.07) is 11.3. The minimum absolute atomic E-state index is 0.0610. The molecule has 1 aromatic heterocycles. The summed E-state index contributed by atoms with van der Waals surface area (Å²) in [6.07, 6.45) is 2.89. The zero-order valence-corrected chi connectivity index (χ0v) is 19.2. The summed E-state index contributed by atoms with van der Waals surface area (Å²) in [5, 5.41) is 6.29. The molecule has 0 saturated heterocycles. The van der Waals surface area contributed by atoms with E-state index in [2.05, 4.69) is 29.5 Å². The van der Waals surface area contributed by atoms with Gasteiger partial charge in [-0.05, 0) is 43.4 Å². The number of Topliss-reactive ketones (excluding diaryl/α,β-unsaturated/α-hetero) is 1. The second-order valence-electron chi connectivity index (χ2n) is 9.35. The molecule has 0 fully saturated rings. The third-order valence-corrected chi connectivity index (χ3v) is 6.09. The van der Waals surface area contributed by atoms with Gasteiger partial charge in [-0.1, -0.05) is 38.1 Å². The molecule has 2 aliphatic rings. The molecule has 32 heavy (non-hydrogen) atoms. The lowest BCUT2D eigenvalue weighted by atomic mass is 9.68. The number of nitrogens with one attached hydrogen (secondary N) is 2. The minimum atomic E-state index is -0.517. The quantitative estimate of drug-likeness (QED) is 0.737. The Hall–Kier alpha value is -3.41. The number of benzene rings is 1. The second kappa shape index (κ2) is 8.26. The number of rotatable bonds is 4. The Morgan fingerprint density at radius 2 is 1.91 bits per heavy atom. The molecule has 0 saturated carbocycles. The summed E-state index contributed by atoms with van der Waals surface area (Å²) in [6.45, 7) is 8.02. The number of methoxy groups -OCH3 is 1. The normalized spacial score (nSPS) is 19.9. The number of hydrogen-bond acceptors (Lipinski definition) is 5. The molecule has 1 aliphatic carbocycles. The van der Waals surface area contributed by atoms with Crippen molar-refractivity contribution in [3.05, 3.63) is 76.3 Å². The van der Waals surface area contributed by atoms with Crippen LogP contribution in [-0.4, -0.2) is 23.8 Å². The van der Waals surface area contributed by atoms with Crippen LogP contribution in [-0.2, 0) is 9.59 Å². The van der Waals surface area contributed by atoms with Gasteiger partial charge in [0.2, 0.25) is 0 Å². The van der Waals surface area contributed by atoms with E-state index in [0.717, 1.165) is 28.9 Å². The van der Waals surface area contributed by atoms with Gasteiger partial charge in [0, 0.05) is 40.7 Å². The van der Waals surface area contributed by atoms with Crippen LogP contribution < -0.4 is 15.4 Å². The summed E-state index contributed by atoms with van der Waals surface area (Å²) in [7, 11) is 1.60. The van der Waals surface area contributed by atoms with E-state index in [1.165, 1.54) is 0 Å². The Balaban J connectivity index is 1.83. The van der Waals surface area contributed by atoms with Crippen molar-refractivity contribution in [2.45, 2.75) is 46.5 Å². The Bertz CT molecular complexity index is 1140. The van der Waals surface area contributed by atoms with Crippen molar-refractivity contribution < 1.29 is 14.3 Å². The highest BCUT2D eigenvalue weighted by Gasteiger charge is 2.43. The molecule has 4 rings (SSSR count). The van der Waals surface area contributed by atoms with E-state index in [4.69, 9.17) is 4.74 Å². The molecular weight excluding hydrogens is 402 g/mol. The van der Waals surface area contributed by atoms with E-state index in [1.807, 2.05) is 44.2 Å². The lowest BCUT2D eigenvalue weighted by molar-refractivity contribution is -0.118. The van der Waals surface area contributed by atoms with Crippen LogP contribution in [0.1, 0.15) is 50.7 Å². The van der Waals surface area contributed by atoms with Crippen LogP contribution in [0, 0.1) is 12.3 Å². The Labute approximate surface area is 188 Å². The molecule has 166 valence electrons. The Morgan fingerprint density at radius 1 is 1.16 bits per heavy atom. The fourth-order valence-corrected chi connectivity index (χ4v) is 4.68. The second-order valence-corrected chi connectivity index (χ2v) is 9.35. The maximum Gasteiger partial charge on any atom is 0.255 e. The number of hydrogen-bond donors (Lipinski definition) is 2. The number of aromatic nitrogens is 1. The summed E-state index contributed by atoms with van der Waals surface area (Å²) in [4.78, 5) is 31.2. The van der Waals surface area contributed by atoms with Gasteiger partial charge in [-0.25, -0.2) is 4.98 Å². The largest absolute Gasteiger partial charge is 0.496 e. The van der Waals surface area contributed by atoms with E-state index >= 15 is 0 Å². The molecule has 0 radical (unpaired) electrons. The summed E-state index contributed by atoms with van der Waals surface area (Å²) in [5.74, 6) is 0.375. The molecule has 1 amide bonds. The molecule has 0 unspecified atom stereocenters. The van der Waals surface area contributed by atoms with E-state index < -0.39 is 5.92 Å². The maximum absolute atomic E-state index is 13.5. The molecule has 1 atom stereocenters. The van der Waals surface area contributed by atoms with Crippen molar-refractivity contribution in [3.63, 3.8) is 0 Å². The molecule has 0 bridgehead atoms. The van der Waals surface area contributed by atoms with E-state index in [0.29, 0.717) is 29.1 Å². The van der Waals surface area contributed by atoms with Crippen molar-refractivity contribution in [2.75, 3.05) is 12.4 Å². The van der Waals surface area contributed by atoms with Crippen molar-refractivity contribution in [3.8, 4) is 5.75 Å². The molecule has 1 aromatic carbocycles. The monoisotopic (exact) mass is 431 g/mol. The molecule has 6 heteroatoms. The number of dihydropyridines is 1. The first kappa shape index (κ1) is 21.8. The van der Waals surface area contributed by atoms with E-state index in [-0.39, 0.29) is 17.1 Å². The molecule has 6 nitrogen and oxygen atoms in total. The average molecular weight is 432 g/mol. The Morgan fingerprint density at radius 3 is 2.59 bits per heavy atom. The number of allylic oxidation sites excluding steroid dienone is 3. The topological polar surface area (TPSA) is 80.3 Å². The first-order chi connectivity index (χ1) is 15.2. The highest BCUT2D eigenvalue weighted by Crippen LogP contribution is 2.48. The number of aryl methyl sites for hydroxylation is 1. The summed E-state index contributed by atoms with van der Waals surface area (Å²) >= 11 is 0. The van der Waals surface area contributed by atoms with Crippen molar-refractivity contribution in [1.29, 1.82) is 0 Å². The highest BCUT2D eigenvalue weighted by molar-refractivity contribution is 6.09. The first-order valence-corrected chi connectivity index (χ1v) is 10.8. The zero-order valence-electron chi connectivity index (χ0n) is 19.2. The van der Waals surface area contributed by atoms with Gasteiger partial charge in [0.25, 0.3) is 5.91 Å². The molecular formula is C26H29N3O3. The molecule has 2 N–H and O–H groups in total. The zero-order chi connectivity index (χ0) is 23.0. The fourth-order valence-electron chi connectivity index (χ4n) is 4.68. The van der Waals surface area contributed by atoms with E-state index in [1.54, 1.807) is 19.4 Å². The van der Waals surface area contributed by atoms with Crippen molar-refractivity contribution in [1.82, 2.24) is 10.3 Å². The fraction of sp³-hybridized carbons (Fsp3) is 0.346. The van der Waals surface area contributed by atoms with Gasteiger partial charge >= 0.3 is 0 Å². The average Bonchev–Trinajstić information content (AvgIpc) is 2.73. The molecule has 2 aromatic rings. The van der Waals surface area contributed by atoms with E-state index in [9.17, 15) is 9.59 Å². The smallest absolute Gasteiger partial charge is 0.255 e. The number of carbonyl (C=O) groups is 2. The number of amides is 1. The number of ether oxygens (including phenoxy) is 1. The SMILES string of the molecule is COc1ccccc1[C@H]1C(C(=O)Nc2ccc(C)cn2)=C(C)NC2=C1C(=O)CC(C)(C)C2. The van der Waals surface area contributed by atoms with Gasteiger partial charge in [0.1, 0.15) is 11.6 Å². The van der Waals surface area contributed by atoms with Crippen LogP contribution in [0.25, 0.3) is 0 Å². The van der Waals surface area contributed by atoms with Gasteiger partial charge in [-0.15, -0.1) is 0 Å². The van der Waals surface area contributed by atoms with Crippen molar-refractivity contribution >= 4 is 17.5 Å². The number of anilines is 1. The third kappa shape index (κ3) is 4.05. The Kier molecular flexibility index (Phi) is 5.63. The van der Waals surface area contributed by atoms with Crippen LogP contribution in [0.3, 0.4) is 0 Å². The number of para-hydroxylation sites is 1. The maximum atomic E-state index is 13.5. The van der Waals surface area contributed by atoms with Crippen LogP contribution in [0.4, 0.5) is 5.82 Å². The molecule has 2 heterocycles.